The summed E-state index contributed by atoms with van der Waals surface area (Å²) in [7, 11) is 0. The van der Waals surface area contributed by atoms with E-state index in [0.29, 0.717) is 18.8 Å². The van der Waals surface area contributed by atoms with Gasteiger partial charge in [-0.3, -0.25) is 4.79 Å². The van der Waals surface area contributed by atoms with Gasteiger partial charge in [0.2, 0.25) is 0 Å². The minimum atomic E-state index is -1.38. The molecule has 0 amide bonds. The SMILES string of the molecule is NC(C(=O)O)c1c(F)ccc2c1OCC2. The van der Waals surface area contributed by atoms with Crippen molar-refractivity contribution in [2.45, 2.75) is 12.5 Å². The second kappa shape index (κ2) is 3.51. The van der Waals surface area contributed by atoms with Crippen molar-refractivity contribution in [3.63, 3.8) is 0 Å². The van der Waals surface area contributed by atoms with Crippen LogP contribution in [0.5, 0.6) is 5.75 Å². The highest BCUT2D eigenvalue weighted by Gasteiger charge is 2.27. The normalized spacial score (nSPS) is 15.6. The molecule has 1 heterocycles. The van der Waals surface area contributed by atoms with E-state index < -0.39 is 17.8 Å². The summed E-state index contributed by atoms with van der Waals surface area (Å²) in [5, 5.41) is 8.74. The number of carboxylic acids is 1. The van der Waals surface area contributed by atoms with E-state index in [1.807, 2.05) is 0 Å². The molecule has 0 saturated heterocycles. The van der Waals surface area contributed by atoms with Gasteiger partial charge in [0.1, 0.15) is 17.6 Å². The van der Waals surface area contributed by atoms with E-state index in [1.165, 1.54) is 6.07 Å². The molecule has 0 fully saturated rings. The maximum absolute atomic E-state index is 13.4. The van der Waals surface area contributed by atoms with Gasteiger partial charge in [0.05, 0.1) is 12.2 Å². The zero-order valence-corrected chi connectivity index (χ0v) is 7.87. The Morgan fingerprint density at radius 1 is 1.60 bits per heavy atom. The Morgan fingerprint density at radius 2 is 2.33 bits per heavy atom. The van der Waals surface area contributed by atoms with Gasteiger partial charge < -0.3 is 15.6 Å². The van der Waals surface area contributed by atoms with Gasteiger partial charge in [0, 0.05) is 6.42 Å². The summed E-state index contributed by atoms with van der Waals surface area (Å²) in [6.45, 7) is 0.443. The molecule has 1 atom stereocenters. The molecule has 0 spiro atoms. The molecule has 15 heavy (non-hydrogen) atoms. The number of benzene rings is 1. The number of nitrogens with two attached hydrogens (primary N) is 1. The highest BCUT2D eigenvalue weighted by Crippen LogP contribution is 2.34. The fourth-order valence-corrected chi connectivity index (χ4v) is 1.66. The molecular weight excluding hydrogens is 201 g/mol. The van der Waals surface area contributed by atoms with Crippen LogP contribution in [0.4, 0.5) is 4.39 Å². The highest BCUT2D eigenvalue weighted by atomic mass is 19.1. The second-order valence-electron chi connectivity index (χ2n) is 3.36. The molecule has 0 saturated carbocycles. The van der Waals surface area contributed by atoms with Gasteiger partial charge in [0.15, 0.2) is 0 Å². The third-order valence-electron chi connectivity index (χ3n) is 2.42. The number of carboxylic acid groups (broad SMARTS) is 1. The number of aliphatic carboxylic acids is 1. The maximum atomic E-state index is 13.4. The first-order valence-electron chi connectivity index (χ1n) is 4.53. The summed E-state index contributed by atoms with van der Waals surface area (Å²) in [6, 6.07) is 1.44. The quantitative estimate of drug-likeness (QED) is 0.760. The van der Waals surface area contributed by atoms with Crippen molar-refractivity contribution in [1.82, 2.24) is 0 Å². The fourth-order valence-electron chi connectivity index (χ4n) is 1.66. The number of hydrogen-bond donors (Lipinski definition) is 2. The summed E-state index contributed by atoms with van der Waals surface area (Å²) >= 11 is 0. The first-order valence-corrected chi connectivity index (χ1v) is 4.53. The molecule has 80 valence electrons. The molecule has 1 aliphatic rings. The fraction of sp³-hybridized carbons (Fsp3) is 0.300. The zero-order chi connectivity index (χ0) is 11.0. The Balaban J connectivity index is 2.54. The molecule has 1 aromatic rings. The number of fused-ring (bicyclic) bond motifs is 1. The average Bonchev–Trinajstić information content (AvgIpc) is 2.64. The maximum Gasteiger partial charge on any atom is 0.325 e. The summed E-state index contributed by atoms with van der Waals surface area (Å²) in [5.41, 5.74) is 6.14. The van der Waals surface area contributed by atoms with Crippen molar-refractivity contribution in [2.75, 3.05) is 6.61 Å². The van der Waals surface area contributed by atoms with E-state index in [9.17, 15) is 9.18 Å². The Bertz CT molecular complexity index is 419. The van der Waals surface area contributed by atoms with Gasteiger partial charge in [-0.2, -0.15) is 0 Å². The van der Waals surface area contributed by atoms with Crippen LogP contribution in [0.2, 0.25) is 0 Å². The van der Waals surface area contributed by atoms with Crippen molar-refractivity contribution in [2.24, 2.45) is 5.73 Å². The van der Waals surface area contributed by atoms with E-state index in [-0.39, 0.29) is 5.56 Å². The highest BCUT2D eigenvalue weighted by molar-refractivity contribution is 5.77. The second-order valence-corrected chi connectivity index (χ2v) is 3.36. The number of ether oxygens (including phenoxy) is 1. The van der Waals surface area contributed by atoms with Crippen LogP contribution < -0.4 is 10.5 Å². The molecule has 1 unspecified atom stereocenters. The van der Waals surface area contributed by atoms with E-state index >= 15 is 0 Å². The van der Waals surface area contributed by atoms with Gasteiger partial charge in [-0.15, -0.1) is 0 Å². The van der Waals surface area contributed by atoms with Gasteiger partial charge in [0.25, 0.3) is 0 Å². The van der Waals surface area contributed by atoms with E-state index in [1.54, 1.807) is 6.07 Å². The predicted octanol–water partition coefficient (Wildman–Crippen LogP) is 0.845. The molecule has 0 bridgehead atoms. The van der Waals surface area contributed by atoms with Gasteiger partial charge in [-0.25, -0.2) is 4.39 Å². The van der Waals surface area contributed by atoms with Crippen LogP contribution in [0.25, 0.3) is 0 Å². The molecule has 0 radical (unpaired) electrons. The lowest BCUT2D eigenvalue weighted by atomic mass is 10.0. The van der Waals surface area contributed by atoms with Crippen LogP contribution in [-0.2, 0) is 11.2 Å². The molecular formula is C10H10FNO3. The van der Waals surface area contributed by atoms with Gasteiger partial charge in [-0.05, 0) is 11.6 Å². The molecule has 1 aromatic carbocycles. The van der Waals surface area contributed by atoms with E-state index in [4.69, 9.17) is 15.6 Å². The van der Waals surface area contributed by atoms with E-state index in [0.717, 1.165) is 5.56 Å². The summed E-state index contributed by atoms with van der Waals surface area (Å²) < 4.78 is 18.6. The standard InChI is InChI=1S/C10H10FNO3/c11-6-2-1-5-3-4-15-9(5)7(6)8(12)10(13)14/h1-2,8H,3-4,12H2,(H,13,14). The van der Waals surface area contributed by atoms with Crippen molar-refractivity contribution in [1.29, 1.82) is 0 Å². The average molecular weight is 211 g/mol. The van der Waals surface area contributed by atoms with Gasteiger partial charge in [-0.1, -0.05) is 6.07 Å². The Labute approximate surface area is 85.5 Å². The number of carbonyl (C=O) groups is 1. The van der Waals surface area contributed by atoms with Crippen LogP contribution in [0.15, 0.2) is 12.1 Å². The first-order chi connectivity index (χ1) is 7.11. The molecule has 1 aliphatic heterocycles. The molecule has 0 aromatic heterocycles. The van der Waals surface area contributed by atoms with Crippen molar-refractivity contribution in [3.05, 3.63) is 29.1 Å². The van der Waals surface area contributed by atoms with Crippen LogP contribution in [0.3, 0.4) is 0 Å². The van der Waals surface area contributed by atoms with E-state index in [2.05, 4.69) is 0 Å². The third kappa shape index (κ3) is 1.55. The lowest BCUT2D eigenvalue weighted by Gasteiger charge is -2.12. The smallest absolute Gasteiger partial charge is 0.325 e. The summed E-state index contributed by atoms with van der Waals surface area (Å²) in [5.74, 6) is -1.60. The molecule has 0 aliphatic carbocycles. The van der Waals surface area contributed by atoms with Crippen LogP contribution in [-0.4, -0.2) is 17.7 Å². The van der Waals surface area contributed by atoms with Crippen molar-refractivity contribution >= 4 is 5.97 Å². The molecule has 3 N–H and O–H groups in total. The van der Waals surface area contributed by atoms with Crippen LogP contribution in [0, 0.1) is 5.82 Å². The minimum Gasteiger partial charge on any atom is -0.492 e. The Hall–Kier alpha value is -1.62. The molecule has 2 rings (SSSR count). The first kappa shape index (κ1) is 9.92. The van der Waals surface area contributed by atoms with Crippen molar-refractivity contribution in [3.8, 4) is 5.75 Å². The monoisotopic (exact) mass is 211 g/mol. The van der Waals surface area contributed by atoms with Crippen molar-refractivity contribution < 1.29 is 19.0 Å². The van der Waals surface area contributed by atoms with Crippen LogP contribution >= 0.6 is 0 Å². The molecule has 5 heteroatoms. The number of hydrogen-bond acceptors (Lipinski definition) is 3. The summed E-state index contributed by atoms with van der Waals surface area (Å²) in [4.78, 5) is 10.7. The lowest BCUT2D eigenvalue weighted by Crippen LogP contribution is -2.22. The zero-order valence-electron chi connectivity index (χ0n) is 7.87. The lowest BCUT2D eigenvalue weighted by molar-refractivity contribution is -0.138. The predicted molar refractivity (Wildman–Crippen MR) is 50.2 cm³/mol. The number of rotatable bonds is 2. The summed E-state index contributed by atoms with van der Waals surface area (Å²) in [6.07, 6.45) is 0.662. The Morgan fingerprint density at radius 3 is 3.00 bits per heavy atom. The minimum absolute atomic E-state index is 0.0579. The van der Waals surface area contributed by atoms with Gasteiger partial charge >= 0.3 is 5.97 Å². The molecule has 4 nitrogen and oxygen atoms in total. The number of halogens is 1. The topological polar surface area (TPSA) is 72.6 Å². The van der Waals surface area contributed by atoms with Crippen LogP contribution in [0.1, 0.15) is 17.2 Å². The third-order valence-corrected chi connectivity index (χ3v) is 2.42. The Kier molecular flexibility index (Phi) is 2.32. The largest absolute Gasteiger partial charge is 0.492 e.